The van der Waals surface area contributed by atoms with E-state index in [2.05, 4.69) is 0 Å². The van der Waals surface area contributed by atoms with Crippen LogP contribution in [-0.2, 0) is 16.4 Å². The third-order valence-electron chi connectivity index (χ3n) is 3.75. The van der Waals surface area contributed by atoms with E-state index < -0.39 is 14.9 Å². The SMILES string of the molecule is C[C@@H]1Cc2ccccc2N1S(=O)(=O)c1ccc([N+](=O)[O-])cc1. The smallest absolute Gasteiger partial charge is 0.263 e. The molecule has 1 aliphatic rings. The first-order valence-corrected chi connectivity index (χ1v) is 8.22. The van der Waals surface area contributed by atoms with Gasteiger partial charge in [-0.15, -0.1) is 0 Å². The van der Waals surface area contributed by atoms with Crippen LogP contribution in [0.25, 0.3) is 0 Å². The van der Waals surface area contributed by atoms with Crippen molar-refractivity contribution in [1.29, 1.82) is 0 Å². The van der Waals surface area contributed by atoms with Gasteiger partial charge < -0.3 is 0 Å². The van der Waals surface area contributed by atoms with Crippen LogP contribution >= 0.6 is 0 Å². The monoisotopic (exact) mass is 318 g/mol. The molecule has 0 bridgehead atoms. The molecule has 7 heteroatoms. The van der Waals surface area contributed by atoms with Crippen molar-refractivity contribution < 1.29 is 13.3 Å². The molecule has 2 aromatic carbocycles. The molecule has 114 valence electrons. The zero-order valence-electron chi connectivity index (χ0n) is 11.8. The summed E-state index contributed by atoms with van der Waals surface area (Å²) < 4.78 is 27.1. The maximum atomic E-state index is 12.8. The molecule has 1 atom stereocenters. The summed E-state index contributed by atoms with van der Waals surface area (Å²) >= 11 is 0. The first kappa shape index (κ1) is 14.5. The summed E-state index contributed by atoms with van der Waals surface area (Å²) in [6.07, 6.45) is 0.655. The van der Waals surface area contributed by atoms with Gasteiger partial charge in [-0.2, -0.15) is 0 Å². The second-order valence-electron chi connectivity index (χ2n) is 5.23. The summed E-state index contributed by atoms with van der Waals surface area (Å²) in [5.74, 6) is 0. The quantitative estimate of drug-likeness (QED) is 0.643. The van der Waals surface area contributed by atoms with E-state index in [1.54, 1.807) is 12.1 Å². The van der Waals surface area contributed by atoms with Gasteiger partial charge in [0, 0.05) is 18.2 Å². The Morgan fingerprint density at radius 3 is 2.41 bits per heavy atom. The molecule has 22 heavy (non-hydrogen) atoms. The Labute approximate surface area is 128 Å². The molecule has 1 heterocycles. The molecule has 0 radical (unpaired) electrons. The molecule has 0 unspecified atom stereocenters. The standard InChI is InChI=1S/C15H14N2O4S/c1-11-10-12-4-2-3-5-15(12)16(11)22(20,21)14-8-6-13(7-9-14)17(18)19/h2-9,11H,10H2,1H3/t11-/m1/s1. The zero-order chi connectivity index (χ0) is 15.9. The molecule has 0 saturated heterocycles. The summed E-state index contributed by atoms with van der Waals surface area (Å²) in [5.41, 5.74) is 1.53. The molecule has 3 rings (SSSR count). The molecule has 0 spiro atoms. The first-order valence-electron chi connectivity index (χ1n) is 6.78. The van der Waals surface area contributed by atoms with Gasteiger partial charge in [0.25, 0.3) is 15.7 Å². The predicted octanol–water partition coefficient (Wildman–Crippen LogP) is 2.73. The maximum absolute atomic E-state index is 12.8. The third kappa shape index (κ3) is 2.23. The first-order chi connectivity index (χ1) is 10.4. The van der Waals surface area contributed by atoms with Crippen molar-refractivity contribution in [2.45, 2.75) is 24.3 Å². The maximum Gasteiger partial charge on any atom is 0.269 e. The molecule has 0 amide bonds. The van der Waals surface area contributed by atoms with Crippen LogP contribution in [0.15, 0.2) is 53.4 Å². The topological polar surface area (TPSA) is 80.5 Å². The minimum atomic E-state index is -3.73. The predicted molar refractivity (Wildman–Crippen MR) is 82.4 cm³/mol. The van der Waals surface area contributed by atoms with Gasteiger partial charge in [-0.25, -0.2) is 8.42 Å². The number of benzene rings is 2. The largest absolute Gasteiger partial charge is 0.269 e. The van der Waals surface area contributed by atoms with E-state index in [4.69, 9.17) is 0 Å². The summed E-state index contributed by atoms with van der Waals surface area (Å²) in [6, 6.07) is 12.2. The number of sulfonamides is 1. The Hall–Kier alpha value is -2.41. The average molecular weight is 318 g/mol. The third-order valence-corrected chi connectivity index (χ3v) is 5.69. The highest BCUT2D eigenvalue weighted by Crippen LogP contribution is 2.36. The van der Waals surface area contributed by atoms with Crippen LogP contribution in [0.3, 0.4) is 0 Å². The van der Waals surface area contributed by atoms with Crippen LogP contribution in [-0.4, -0.2) is 19.4 Å². The highest BCUT2D eigenvalue weighted by molar-refractivity contribution is 7.92. The summed E-state index contributed by atoms with van der Waals surface area (Å²) in [7, 11) is -3.73. The number of para-hydroxylation sites is 1. The number of hydrogen-bond acceptors (Lipinski definition) is 4. The van der Waals surface area contributed by atoms with Crippen molar-refractivity contribution >= 4 is 21.4 Å². The van der Waals surface area contributed by atoms with Crippen molar-refractivity contribution in [3.8, 4) is 0 Å². The summed E-state index contributed by atoms with van der Waals surface area (Å²) in [5, 5.41) is 10.7. The van der Waals surface area contributed by atoms with Crippen LogP contribution in [0.2, 0.25) is 0 Å². The minimum Gasteiger partial charge on any atom is -0.263 e. The molecule has 2 aromatic rings. The number of rotatable bonds is 3. The second-order valence-corrected chi connectivity index (χ2v) is 7.05. The van der Waals surface area contributed by atoms with Gasteiger partial charge in [0.15, 0.2) is 0 Å². The van der Waals surface area contributed by atoms with Crippen molar-refractivity contribution in [1.82, 2.24) is 0 Å². The summed E-state index contributed by atoms with van der Waals surface area (Å²) in [6.45, 7) is 1.85. The molecule has 1 aliphatic heterocycles. The lowest BCUT2D eigenvalue weighted by atomic mass is 10.1. The van der Waals surface area contributed by atoms with Crippen molar-refractivity contribution in [2.75, 3.05) is 4.31 Å². The lowest BCUT2D eigenvalue weighted by Gasteiger charge is -2.24. The molecule has 6 nitrogen and oxygen atoms in total. The zero-order valence-corrected chi connectivity index (χ0v) is 12.7. The Bertz CT molecular complexity index is 831. The van der Waals surface area contributed by atoms with E-state index in [0.29, 0.717) is 12.1 Å². The fourth-order valence-electron chi connectivity index (χ4n) is 2.76. The molecule has 0 aliphatic carbocycles. The Morgan fingerprint density at radius 2 is 1.77 bits per heavy atom. The average Bonchev–Trinajstić information content (AvgIpc) is 2.83. The molecule has 0 fully saturated rings. The number of non-ortho nitro benzene ring substituents is 1. The normalized spacial score (nSPS) is 17.3. The Morgan fingerprint density at radius 1 is 1.14 bits per heavy atom. The fraction of sp³-hybridized carbons (Fsp3) is 0.200. The van der Waals surface area contributed by atoms with E-state index in [-0.39, 0.29) is 16.6 Å². The highest BCUT2D eigenvalue weighted by atomic mass is 32.2. The van der Waals surface area contributed by atoms with Crippen LogP contribution < -0.4 is 4.31 Å². The second kappa shape index (κ2) is 5.10. The van der Waals surface area contributed by atoms with Crippen LogP contribution in [0.1, 0.15) is 12.5 Å². The Balaban J connectivity index is 2.05. The fourth-order valence-corrected chi connectivity index (χ4v) is 4.45. The summed E-state index contributed by atoms with van der Waals surface area (Å²) in [4.78, 5) is 10.2. The van der Waals surface area contributed by atoms with Gasteiger partial charge in [-0.05, 0) is 37.1 Å². The van der Waals surface area contributed by atoms with Crippen molar-refractivity contribution in [3.05, 3.63) is 64.2 Å². The van der Waals surface area contributed by atoms with E-state index in [0.717, 1.165) is 5.56 Å². The van der Waals surface area contributed by atoms with Gasteiger partial charge in [0.05, 0.1) is 15.5 Å². The number of nitro benzene ring substituents is 1. The number of hydrogen-bond donors (Lipinski definition) is 0. The van der Waals surface area contributed by atoms with Crippen LogP contribution in [0, 0.1) is 10.1 Å². The number of fused-ring (bicyclic) bond motifs is 1. The Kier molecular flexibility index (Phi) is 3.37. The molecular weight excluding hydrogens is 304 g/mol. The van der Waals surface area contributed by atoms with Crippen molar-refractivity contribution in [3.63, 3.8) is 0 Å². The molecule has 0 aromatic heterocycles. The molecule has 0 N–H and O–H groups in total. The molecule has 0 saturated carbocycles. The number of anilines is 1. The van der Waals surface area contributed by atoms with E-state index in [1.807, 2.05) is 19.1 Å². The lowest BCUT2D eigenvalue weighted by molar-refractivity contribution is -0.384. The van der Waals surface area contributed by atoms with Gasteiger partial charge >= 0.3 is 0 Å². The number of nitrogens with zero attached hydrogens (tertiary/aromatic N) is 2. The van der Waals surface area contributed by atoms with Gasteiger partial charge in [-0.1, -0.05) is 18.2 Å². The van der Waals surface area contributed by atoms with Crippen LogP contribution in [0.5, 0.6) is 0 Å². The number of nitro groups is 1. The van der Waals surface area contributed by atoms with Gasteiger partial charge in [0.1, 0.15) is 0 Å². The lowest BCUT2D eigenvalue weighted by Crippen LogP contribution is -2.35. The van der Waals surface area contributed by atoms with Gasteiger partial charge in [-0.3, -0.25) is 14.4 Å². The van der Waals surface area contributed by atoms with E-state index >= 15 is 0 Å². The van der Waals surface area contributed by atoms with Gasteiger partial charge in [0.2, 0.25) is 0 Å². The molecular formula is C15H14N2O4S. The highest BCUT2D eigenvalue weighted by Gasteiger charge is 2.35. The van der Waals surface area contributed by atoms with Crippen molar-refractivity contribution in [2.24, 2.45) is 0 Å². The van der Waals surface area contributed by atoms with E-state index in [1.165, 1.54) is 28.6 Å². The van der Waals surface area contributed by atoms with E-state index in [9.17, 15) is 18.5 Å². The van der Waals surface area contributed by atoms with Crippen LogP contribution in [0.4, 0.5) is 11.4 Å². The minimum absolute atomic E-state index is 0.0571.